The van der Waals surface area contributed by atoms with Gasteiger partial charge >= 0.3 is 0 Å². The number of nitrogens with two attached hydrogens (primary N) is 1. The van der Waals surface area contributed by atoms with E-state index >= 15 is 0 Å². The van der Waals surface area contributed by atoms with Crippen LogP contribution in [0.1, 0.15) is 19.8 Å². The SMILES string of the molecule is CCC1=NN(c2ccccc2)C(=O)C1CCN. The molecule has 2 N–H and O–H groups in total. The molecule has 0 fully saturated rings. The van der Waals surface area contributed by atoms with Gasteiger partial charge in [0.1, 0.15) is 0 Å². The summed E-state index contributed by atoms with van der Waals surface area (Å²) in [4.78, 5) is 12.2. The minimum Gasteiger partial charge on any atom is -0.330 e. The average Bonchev–Trinajstić information content (AvgIpc) is 2.69. The highest BCUT2D eigenvalue weighted by atomic mass is 16.2. The van der Waals surface area contributed by atoms with E-state index in [0.717, 1.165) is 17.8 Å². The van der Waals surface area contributed by atoms with Crippen LogP contribution in [0.4, 0.5) is 5.69 Å². The van der Waals surface area contributed by atoms with Crippen molar-refractivity contribution in [3.8, 4) is 0 Å². The number of benzene rings is 1. The van der Waals surface area contributed by atoms with Crippen molar-refractivity contribution in [3.63, 3.8) is 0 Å². The second-order valence-electron chi connectivity index (χ2n) is 4.06. The van der Waals surface area contributed by atoms with Crippen LogP contribution >= 0.6 is 0 Å². The van der Waals surface area contributed by atoms with E-state index < -0.39 is 0 Å². The Kier molecular flexibility index (Phi) is 3.54. The molecule has 0 radical (unpaired) electrons. The maximum atomic E-state index is 12.2. The van der Waals surface area contributed by atoms with Crippen molar-refractivity contribution >= 4 is 17.3 Å². The maximum Gasteiger partial charge on any atom is 0.256 e. The third kappa shape index (κ3) is 2.22. The van der Waals surface area contributed by atoms with Crippen molar-refractivity contribution in [3.05, 3.63) is 30.3 Å². The number of amides is 1. The van der Waals surface area contributed by atoms with Crippen LogP contribution < -0.4 is 10.7 Å². The Balaban J connectivity index is 2.27. The first-order valence-electron chi connectivity index (χ1n) is 5.94. The molecule has 1 aromatic rings. The molecule has 1 heterocycles. The van der Waals surface area contributed by atoms with Crippen LogP contribution in [-0.4, -0.2) is 18.2 Å². The van der Waals surface area contributed by atoms with Gasteiger partial charge in [0, 0.05) is 0 Å². The average molecular weight is 231 g/mol. The monoisotopic (exact) mass is 231 g/mol. The van der Waals surface area contributed by atoms with E-state index in [2.05, 4.69) is 5.10 Å². The van der Waals surface area contributed by atoms with Crippen LogP contribution in [0.2, 0.25) is 0 Å². The van der Waals surface area contributed by atoms with Crippen molar-refractivity contribution in [2.75, 3.05) is 11.6 Å². The number of carbonyl (C=O) groups is 1. The highest BCUT2D eigenvalue weighted by Gasteiger charge is 2.34. The number of hydrogen-bond donors (Lipinski definition) is 1. The topological polar surface area (TPSA) is 58.7 Å². The normalized spacial score (nSPS) is 19.6. The molecule has 1 amide bonds. The Hall–Kier alpha value is -1.68. The fourth-order valence-corrected chi connectivity index (χ4v) is 2.07. The van der Waals surface area contributed by atoms with Gasteiger partial charge in [-0.1, -0.05) is 25.1 Å². The molecule has 1 aromatic carbocycles. The number of anilines is 1. The van der Waals surface area contributed by atoms with Crippen molar-refractivity contribution < 1.29 is 4.79 Å². The number of hydrogen-bond acceptors (Lipinski definition) is 3. The lowest BCUT2D eigenvalue weighted by Crippen LogP contribution is -2.29. The summed E-state index contributed by atoms with van der Waals surface area (Å²) in [5.41, 5.74) is 7.30. The van der Waals surface area contributed by atoms with Gasteiger partial charge in [-0.2, -0.15) is 5.10 Å². The molecular weight excluding hydrogens is 214 g/mol. The number of carbonyl (C=O) groups excluding carboxylic acids is 1. The minimum absolute atomic E-state index is 0.0403. The molecule has 0 aromatic heterocycles. The van der Waals surface area contributed by atoms with E-state index in [9.17, 15) is 4.79 Å². The summed E-state index contributed by atoms with van der Waals surface area (Å²) in [6, 6.07) is 9.50. The lowest BCUT2D eigenvalue weighted by atomic mass is 9.98. The number of nitrogens with zero attached hydrogens (tertiary/aromatic N) is 2. The number of rotatable bonds is 4. The summed E-state index contributed by atoms with van der Waals surface area (Å²) in [5, 5.41) is 5.90. The van der Waals surface area contributed by atoms with Crippen molar-refractivity contribution in [1.29, 1.82) is 0 Å². The predicted octanol–water partition coefficient (Wildman–Crippen LogP) is 1.76. The molecule has 2 rings (SSSR count). The fourth-order valence-electron chi connectivity index (χ4n) is 2.07. The standard InChI is InChI=1S/C13H17N3O/c1-2-12-11(8-9-14)13(17)16(15-12)10-6-4-3-5-7-10/h3-7,11H,2,8-9,14H2,1H3. The molecule has 0 saturated carbocycles. The van der Waals surface area contributed by atoms with Gasteiger partial charge < -0.3 is 5.73 Å². The molecule has 1 unspecified atom stereocenters. The largest absolute Gasteiger partial charge is 0.330 e. The molecule has 0 spiro atoms. The molecule has 1 atom stereocenters. The van der Waals surface area contributed by atoms with Crippen LogP contribution in [-0.2, 0) is 4.79 Å². The Morgan fingerprint density at radius 3 is 2.65 bits per heavy atom. The molecule has 1 aliphatic rings. The van der Waals surface area contributed by atoms with Gasteiger partial charge in [-0.25, -0.2) is 5.01 Å². The molecular formula is C13H17N3O. The molecule has 0 aliphatic carbocycles. The Morgan fingerprint density at radius 1 is 1.35 bits per heavy atom. The zero-order valence-electron chi connectivity index (χ0n) is 9.97. The highest BCUT2D eigenvalue weighted by molar-refractivity contribution is 6.15. The molecule has 0 bridgehead atoms. The van der Waals surface area contributed by atoms with Gasteiger partial charge in [0.25, 0.3) is 5.91 Å². The van der Waals surface area contributed by atoms with Crippen LogP contribution in [0.5, 0.6) is 0 Å². The lowest BCUT2D eigenvalue weighted by Gasteiger charge is -2.13. The number of para-hydroxylation sites is 1. The van der Waals surface area contributed by atoms with Crippen LogP contribution in [0, 0.1) is 5.92 Å². The van der Waals surface area contributed by atoms with E-state index in [1.54, 1.807) is 0 Å². The lowest BCUT2D eigenvalue weighted by molar-refractivity contribution is -0.119. The Morgan fingerprint density at radius 2 is 2.06 bits per heavy atom. The molecule has 4 nitrogen and oxygen atoms in total. The van der Waals surface area contributed by atoms with Crippen LogP contribution in [0.3, 0.4) is 0 Å². The van der Waals surface area contributed by atoms with Gasteiger partial charge in [-0.05, 0) is 31.5 Å². The molecule has 17 heavy (non-hydrogen) atoms. The van der Waals surface area contributed by atoms with Crippen molar-refractivity contribution in [2.45, 2.75) is 19.8 Å². The van der Waals surface area contributed by atoms with Gasteiger partial charge in [0.05, 0.1) is 17.3 Å². The zero-order valence-corrected chi connectivity index (χ0v) is 9.97. The predicted molar refractivity (Wildman–Crippen MR) is 68.8 cm³/mol. The molecule has 90 valence electrons. The highest BCUT2D eigenvalue weighted by Crippen LogP contribution is 2.26. The maximum absolute atomic E-state index is 12.2. The number of hydrazone groups is 1. The zero-order chi connectivity index (χ0) is 12.3. The molecule has 1 aliphatic heterocycles. The third-order valence-electron chi connectivity index (χ3n) is 2.96. The van der Waals surface area contributed by atoms with E-state index in [4.69, 9.17) is 5.73 Å². The smallest absolute Gasteiger partial charge is 0.256 e. The Labute approximate surface area is 101 Å². The van der Waals surface area contributed by atoms with E-state index in [0.29, 0.717) is 13.0 Å². The van der Waals surface area contributed by atoms with E-state index in [-0.39, 0.29) is 11.8 Å². The minimum atomic E-state index is -0.134. The third-order valence-corrected chi connectivity index (χ3v) is 2.96. The summed E-state index contributed by atoms with van der Waals surface area (Å²) >= 11 is 0. The Bertz CT molecular complexity index is 428. The first-order valence-corrected chi connectivity index (χ1v) is 5.94. The van der Waals surface area contributed by atoms with Gasteiger partial charge in [0.15, 0.2) is 0 Å². The summed E-state index contributed by atoms with van der Waals surface area (Å²) in [6.45, 7) is 2.53. The van der Waals surface area contributed by atoms with E-state index in [1.165, 1.54) is 5.01 Å². The molecule has 0 saturated heterocycles. The first-order chi connectivity index (χ1) is 8.27. The van der Waals surface area contributed by atoms with Gasteiger partial charge in [-0.3, -0.25) is 4.79 Å². The summed E-state index contributed by atoms with van der Waals surface area (Å²) in [6.07, 6.45) is 1.47. The summed E-state index contributed by atoms with van der Waals surface area (Å²) < 4.78 is 0. The van der Waals surface area contributed by atoms with Crippen molar-refractivity contribution in [1.82, 2.24) is 0 Å². The second kappa shape index (κ2) is 5.10. The molecule has 4 heteroatoms. The fraction of sp³-hybridized carbons (Fsp3) is 0.385. The van der Waals surface area contributed by atoms with Gasteiger partial charge in [-0.15, -0.1) is 0 Å². The first kappa shape index (κ1) is 11.8. The summed E-state index contributed by atoms with van der Waals surface area (Å²) in [5.74, 6) is -0.0938. The quantitative estimate of drug-likeness (QED) is 0.858. The summed E-state index contributed by atoms with van der Waals surface area (Å²) in [7, 11) is 0. The van der Waals surface area contributed by atoms with Gasteiger partial charge in [0.2, 0.25) is 0 Å². The van der Waals surface area contributed by atoms with E-state index in [1.807, 2.05) is 37.3 Å². The van der Waals surface area contributed by atoms with Crippen LogP contribution in [0.25, 0.3) is 0 Å². The second-order valence-corrected chi connectivity index (χ2v) is 4.06. The van der Waals surface area contributed by atoms with Crippen LogP contribution in [0.15, 0.2) is 35.4 Å². The van der Waals surface area contributed by atoms with Crippen molar-refractivity contribution in [2.24, 2.45) is 16.8 Å².